The molecule has 0 unspecified atom stereocenters. The molecule has 2 aromatic rings. The van der Waals surface area contributed by atoms with E-state index in [1.807, 2.05) is 13.0 Å². The Hall–Kier alpha value is -1.51. The molecule has 3 nitrogen and oxygen atoms in total. The summed E-state index contributed by atoms with van der Waals surface area (Å²) in [4.78, 5) is 4.13. The van der Waals surface area contributed by atoms with Crippen molar-refractivity contribution >= 4 is 17.1 Å². The highest BCUT2D eigenvalue weighted by atomic mass is 16.4. The summed E-state index contributed by atoms with van der Waals surface area (Å²) in [6.45, 7) is 6.33. The molecule has 1 heterocycles. The van der Waals surface area contributed by atoms with Gasteiger partial charge in [0.05, 0.1) is 0 Å². The number of hydrogen-bond donors (Lipinski definition) is 1. The minimum Gasteiger partial charge on any atom is -0.423 e. The van der Waals surface area contributed by atoms with E-state index in [0.717, 1.165) is 16.7 Å². The van der Waals surface area contributed by atoms with Gasteiger partial charge in [0.25, 0.3) is 6.01 Å². The van der Waals surface area contributed by atoms with Crippen LogP contribution in [0.1, 0.15) is 30.9 Å². The Balaban J connectivity index is 2.71. The maximum atomic E-state index is 5.51. The van der Waals surface area contributed by atoms with Gasteiger partial charge in [-0.25, -0.2) is 0 Å². The molecule has 0 atom stereocenters. The van der Waals surface area contributed by atoms with Gasteiger partial charge < -0.3 is 10.2 Å². The number of nitrogens with two attached hydrogens (primary N) is 1. The monoisotopic (exact) mass is 190 g/mol. The van der Waals surface area contributed by atoms with Crippen LogP contribution in [0.3, 0.4) is 0 Å². The highest BCUT2D eigenvalue weighted by molar-refractivity contribution is 5.78. The van der Waals surface area contributed by atoms with Crippen LogP contribution >= 0.6 is 0 Å². The van der Waals surface area contributed by atoms with Crippen molar-refractivity contribution in [2.24, 2.45) is 0 Å². The Morgan fingerprint density at radius 1 is 1.36 bits per heavy atom. The fraction of sp³-hybridized carbons (Fsp3) is 0.364. The smallest absolute Gasteiger partial charge is 0.292 e. The van der Waals surface area contributed by atoms with Crippen molar-refractivity contribution in [3.8, 4) is 0 Å². The molecule has 14 heavy (non-hydrogen) atoms. The lowest BCUT2D eigenvalue weighted by Gasteiger charge is -2.05. The third-order valence-corrected chi connectivity index (χ3v) is 2.38. The van der Waals surface area contributed by atoms with Gasteiger partial charge in [0, 0.05) is 0 Å². The van der Waals surface area contributed by atoms with Crippen molar-refractivity contribution in [1.82, 2.24) is 4.98 Å². The normalized spacial score (nSPS) is 11.4. The lowest BCUT2D eigenvalue weighted by molar-refractivity contribution is 0.623. The first kappa shape index (κ1) is 9.06. The molecule has 0 spiro atoms. The van der Waals surface area contributed by atoms with Crippen LogP contribution in [0.5, 0.6) is 0 Å². The molecule has 0 bridgehead atoms. The summed E-state index contributed by atoms with van der Waals surface area (Å²) in [5.74, 6) is 0.496. The van der Waals surface area contributed by atoms with Crippen molar-refractivity contribution < 1.29 is 4.42 Å². The van der Waals surface area contributed by atoms with Gasteiger partial charge in [-0.15, -0.1) is 0 Å². The number of anilines is 1. The van der Waals surface area contributed by atoms with Crippen LogP contribution in [0, 0.1) is 6.92 Å². The first-order chi connectivity index (χ1) is 6.58. The molecule has 0 saturated heterocycles. The molecule has 0 aliphatic heterocycles. The van der Waals surface area contributed by atoms with Gasteiger partial charge in [-0.1, -0.05) is 19.9 Å². The van der Waals surface area contributed by atoms with E-state index < -0.39 is 0 Å². The number of fused-ring (bicyclic) bond motifs is 1. The third-order valence-electron chi connectivity index (χ3n) is 2.38. The Labute approximate surface area is 82.9 Å². The Bertz CT molecular complexity index is 471. The minimum atomic E-state index is 0.240. The van der Waals surface area contributed by atoms with E-state index in [2.05, 4.69) is 24.9 Å². The van der Waals surface area contributed by atoms with Gasteiger partial charge in [0.2, 0.25) is 0 Å². The maximum absolute atomic E-state index is 5.51. The first-order valence-electron chi connectivity index (χ1n) is 4.74. The summed E-state index contributed by atoms with van der Waals surface area (Å²) < 4.78 is 5.30. The van der Waals surface area contributed by atoms with Crippen molar-refractivity contribution in [2.75, 3.05) is 5.73 Å². The molecule has 0 saturated carbocycles. The maximum Gasteiger partial charge on any atom is 0.292 e. The number of oxazole rings is 1. The Kier molecular flexibility index (Phi) is 1.95. The fourth-order valence-electron chi connectivity index (χ4n) is 1.58. The average molecular weight is 190 g/mol. The number of aryl methyl sites for hydroxylation is 1. The summed E-state index contributed by atoms with van der Waals surface area (Å²) in [6.07, 6.45) is 0. The predicted molar refractivity (Wildman–Crippen MR) is 57.2 cm³/mol. The topological polar surface area (TPSA) is 52.0 Å². The molecule has 0 radical (unpaired) electrons. The van der Waals surface area contributed by atoms with Gasteiger partial charge in [-0.3, -0.25) is 0 Å². The van der Waals surface area contributed by atoms with E-state index in [9.17, 15) is 0 Å². The fourth-order valence-corrected chi connectivity index (χ4v) is 1.58. The van der Waals surface area contributed by atoms with Gasteiger partial charge in [0.15, 0.2) is 5.58 Å². The van der Waals surface area contributed by atoms with Gasteiger partial charge in [0.1, 0.15) is 5.52 Å². The van der Waals surface area contributed by atoms with Crippen LogP contribution in [-0.4, -0.2) is 4.98 Å². The number of benzene rings is 1. The number of rotatable bonds is 1. The third kappa shape index (κ3) is 1.35. The van der Waals surface area contributed by atoms with Crippen LogP contribution in [0.2, 0.25) is 0 Å². The van der Waals surface area contributed by atoms with Crippen molar-refractivity contribution in [2.45, 2.75) is 26.7 Å². The van der Waals surface area contributed by atoms with Crippen LogP contribution in [0.15, 0.2) is 16.5 Å². The van der Waals surface area contributed by atoms with Crippen LogP contribution in [-0.2, 0) is 0 Å². The summed E-state index contributed by atoms with van der Waals surface area (Å²) >= 11 is 0. The lowest BCUT2D eigenvalue weighted by atomic mass is 10.0. The molecule has 3 heteroatoms. The largest absolute Gasteiger partial charge is 0.423 e. The van der Waals surface area contributed by atoms with Gasteiger partial charge >= 0.3 is 0 Å². The second-order valence-corrected chi connectivity index (χ2v) is 3.89. The summed E-state index contributed by atoms with van der Waals surface area (Å²) in [6, 6.07) is 4.40. The molecule has 0 aliphatic carbocycles. The van der Waals surface area contributed by atoms with E-state index in [-0.39, 0.29) is 6.01 Å². The molecular weight excluding hydrogens is 176 g/mol. The van der Waals surface area contributed by atoms with Gasteiger partial charge in [-0.2, -0.15) is 4.98 Å². The molecule has 1 aromatic carbocycles. The zero-order valence-corrected chi connectivity index (χ0v) is 8.66. The van der Waals surface area contributed by atoms with E-state index in [4.69, 9.17) is 10.2 Å². The van der Waals surface area contributed by atoms with E-state index >= 15 is 0 Å². The quantitative estimate of drug-likeness (QED) is 0.752. The molecular formula is C11H14N2O. The first-order valence-corrected chi connectivity index (χ1v) is 4.74. The number of nitrogen functional groups attached to an aromatic ring is 1. The highest BCUT2D eigenvalue weighted by Crippen LogP contribution is 2.25. The SMILES string of the molecule is Cc1cc(C(C)C)cc2nc(N)oc12. The molecule has 2 rings (SSSR count). The summed E-state index contributed by atoms with van der Waals surface area (Å²) in [5, 5.41) is 0. The number of nitrogens with zero attached hydrogens (tertiary/aromatic N) is 1. The molecule has 1 aromatic heterocycles. The van der Waals surface area contributed by atoms with Crippen LogP contribution in [0.4, 0.5) is 6.01 Å². The Morgan fingerprint density at radius 3 is 2.71 bits per heavy atom. The zero-order valence-electron chi connectivity index (χ0n) is 8.66. The number of hydrogen-bond acceptors (Lipinski definition) is 3. The highest BCUT2D eigenvalue weighted by Gasteiger charge is 2.09. The average Bonchev–Trinajstić information content (AvgIpc) is 2.45. The second-order valence-electron chi connectivity index (χ2n) is 3.89. The van der Waals surface area contributed by atoms with E-state index in [1.165, 1.54) is 5.56 Å². The van der Waals surface area contributed by atoms with Crippen LogP contribution < -0.4 is 5.73 Å². The van der Waals surface area contributed by atoms with Crippen molar-refractivity contribution in [1.29, 1.82) is 0 Å². The summed E-state index contributed by atoms with van der Waals surface area (Å²) in [7, 11) is 0. The number of aromatic nitrogens is 1. The zero-order chi connectivity index (χ0) is 10.3. The van der Waals surface area contributed by atoms with Crippen molar-refractivity contribution in [3.05, 3.63) is 23.3 Å². The van der Waals surface area contributed by atoms with E-state index in [1.54, 1.807) is 0 Å². The molecule has 0 aliphatic rings. The van der Waals surface area contributed by atoms with Gasteiger partial charge in [-0.05, 0) is 30.0 Å². The van der Waals surface area contributed by atoms with Crippen LogP contribution in [0.25, 0.3) is 11.1 Å². The summed E-state index contributed by atoms with van der Waals surface area (Å²) in [5.41, 5.74) is 9.52. The van der Waals surface area contributed by atoms with Crippen molar-refractivity contribution in [3.63, 3.8) is 0 Å². The molecule has 2 N–H and O–H groups in total. The minimum absolute atomic E-state index is 0.240. The molecule has 74 valence electrons. The van der Waals surface area contributed by atoms with E-state index in [0.29, 0.717) is 5.92 Å². The predicted octanol–water partition coefficient (Wildman–Crippen LogP) is 2.84. The lowest BCUT2D eigenvalue weighted by Crippen LogP contribution is -1.88. The second kappa shape index (κ2) is 3.01. The Morgan fingerprint density at radius 2 is 2.07 bits per heavy atom. The molecule has 0 fully saturated rings. The molecule has 0 amide bonds. The standard InChI is InChI=1S/C11H14N2O/c1-6(2)8-4-7(3)10-9(5-8)13-11(12)14-10/h4-6H,1-3H3,(H2,12,13).